The van der Waals surface area contributed by atoms with E-state index in [0.717, 1.165) is 78.0 Å². The predicted octanol–water partition coefficient (Wildman–Crippen LogP) is 15.3. The number of nitriles is 2. The highest BCUT2D eigenvalue weighted by Crippen LogP contribution is 2.47. The van der Waals surface area contributed by atoms with Crippen molar-refractivity contribution in [3.8, 4) is 68.0 Å². The minimum Gasteiger partial charge on any atom is -0.309 e. The lowest BCUT2D eigenvalue weighted by molar-refractivity contribution is -0.137. The van der Waals surface area contributed by atoms with E-state index < -0.39 is 11.7 Å². The average molecular weight is 831 g/mol. The summed E-state index contributed by atoms with van der Waals surface area (Å²) in [6.07, 6.45) is -4.66. The second-order valence-electron chi connectivity index (χ2n) is 15.8. The molecule has 0 amide bonds. The quantitative estimate of drug-likeness (QED) is 0.168. The van der Waals surface area contributed by atoms with Gasteiger partial charge in [-0.1, -0.05) is 133 Å². The van der Waals surface area contributed by atoms with Crippen LogP contribution in [0.3, 0.4) is 0 Å². The topological polar surface area (TPSA) is 57.4 Å². The van der Waals surface area contributed by atoms with E-state index in [4.69, 9.17) is 0 Å². The van der Waals surface area contributed by atoms with E-state index in [1.807, 2.05) is 91.0 Å². The Morgan fingerprint density at radius 1 is 0.359 bits per heavy atom. The van der Waals surface area contributed by atoms with Gasteiger partial charge >= 0.3 is 6.18 Å². The summed E-state index contributed by atoms with van der Waals surface area (Å²) < 4.78 is 46.9. The van der Waals surface area contributed by atoms with Crippen LogP contribution in [-0.2, 0) is 6.18 Å². The van der Waals surface area contributed by atoms with Crippen molar-refractivity contribution in [3.63, 3.8) is 0 Å². The fourth-order valence-corrected chi connectivity index (χ4v) is 9.43. The molecule has 0 bridgehead atoms. The number of hydrogen-bond acceptors (Lipinski definition) is 2. The zero-order valence-electron chi connectivity index (χ0n) is 34.0. The van der Waals surface area contributed by atoms with Gasteiger partial charge in [0.25, 0.3) is 0 Å². The number of hydrogen-bond donors (Lipinski definition) is 0. The summed E-state index contributed by atoms with van der Waals surface area (Å²) in [6.45, 7) is 0. The smallest absolute Gasteiger partial charge is 0.309 e. The zero-order valence-corrected chi connectivity index (χ0v) is 34.0. The standard InChI is InChI=1S/C57H33F3N4/c58-57(59,60)42-27-28-43(41(31-42)35-62)46-20-12-24-54(64-50-22-10-8-19-45(50)48-33-39(26-30-52(48)64)37-15-5-2-6-16-37)56(46)55-40(34-61)17-11-23-53(55)63-49-21-9-7-18-44(49)47-32-38(25-29-51(47)63)36-13-3-1-4-14-36/h1-33H. The first kappa shape index (κ1) is 38.3. The average Bonchev–Trinajstić information content (AvgIpc) is 3.85. The molecule has 0 N–H and O–H groups in total. The maximum atomic E-state index is 14.2. The Morgan fingerprint density at radius 3 is 1.38 bits per heavy atom. The minimum absolute atomic E-state index is 0.135. The van der Waals surface area contributed by atoms with E-state index in [2.05, 4.69) is 106 Å². The Bertz CT molecular complexity index is 3730. The molecule has 9 aromatic carbocycles. The van der Waals surface area contributed by atoms with E-state index in [9.17, 15) is 23.7 Å². The van der Waals surface area contributed by atoms with Gasteiger partial charge in [0.2, 0.25) is 0 Å². The number of nitrogens with zero attached hydrogens (tertiary/aromatic N) is 4. The van der Waals surface area contributed by atoms with Crippen molar-refractivity contribution in [2.45, 2.75) is 6.18 Å². The molecule has 0 saturated heterocycles. The summed E-state index contributed by atoms with van der Waals surface area (Å²) >= 11 is 0. The molecule has 0 unspecified atom stereocenters. The van der Waals surface area contributed by atoms with Crippen LogP contribution in [0.4, 0.5) is 13.2 Å². The molecule has 7 heteroatoms. The molecule has 0 radical (unpaired) electrons. The fraction of sp³-hybridized carbons (Fsp3) is 0.0175. The summed E-state index contributed by atoms with van der Waals surface area (Å²) in [5.41, 5.74) is 10.6. The van der Waals surface area contributed by atoms with Crippen molar-refractivity contribution >= 4 is 43.6 Å². The molecule has 11 rings (SSSR count). The third-order valence-electron chi connectivity index (χ3n) is 12.3. The minimum atomic E-state index is -4.66. The first-order chi connectivity index (χ1) is 31.3. The number of fused-ring (bicyclic) bond motifs is 6. The van der Waals surface area contributed by atoms with E-state index in [1.54, 1.807) is 6.07 Å². The van der Waals surface area contributed by atoms with Crippen LogP contribution in [0.5, 0.6) is 0 Å². The Kier molecular flexibility index (Phi) is 9.01. The van der Waals surface area contributed by atoms with E-state index in [-0.39, 0.29) is 5.56 Å². The van der Waals surface area contributed by atoms with Gasteiger partial charge in [-0.05, 0) is 94.5 Å². The summed E-state index contributed by atoms with van der Waals surface area (Å²) in [5, 5.41) is 25.7. The highest BCUT2D eigenvalue weighted by Gasteiger charge is 2.32. The highest BCUT2D eigenvalue weighted by molar-refractivity contribution is 6.13. The molecule has 2 heterocycles. The van der Waals surface area contributed by atoms with Crippen LogP contribution >= 0.6 is 0 Å². The second kappa shape index (κ2) is 15.1. The van der Waals surface area contributed by atoms with Crippen LogP contribution < -0.4 is 0 Å². The summed E-state index contributed by atoms with van der Waals surface area (Å²) in [7, 11) is 0. The van der Waals surface area contributed by atoms with E-state index in [1.165, 1.54) is 6.07 Å². The Balaban J connectivity index is 1.27. The summed E-state index contributed by atoms with van der Waals surface area (Å²) in [5.74, 6) is 0. The van der Waals surface area contributed by atoms with Crippen molar-refractivity contribution in [1.29, 1.82) is 10.5 Å². The molecule has 64 heavy (non-hydrogen) atoms. The number of rotatable bonds is 6. The molecule has 2 aromatic heterocycles. The van der Waals surface area contributed by atoms with E-state index in [0.29, 0.717) is 39.2 Å². The lowest BCUT2D eigenvalue weighted by atomic mass is 9.87. The summed E-state index contributed by atoms with van der Waals surface area (Å²) in [4.78, 5) is 0. The normalized spacial score (nSPS) is 11.6. The van der Waals surface area contributed by atoms with Crippen molar-refractivity contribution in [3.05, 3.63) is 217 Å². The van der Waals surface area contributed by atoms with Gasteiger partial charge in [-0.15, -0.1) is 0 Å². The third kappa shape index (κ3) is 6.14. The molecule has 0 saturated carbocycles. The molecule has 0 atom stereocenters. The van der Waals surface area contributed by atoms with Crippen molar-refractivity contribution < 1.29 is 13.2 Å². The molecule has 4 nitrogen and oxygen atoms in total. The largest absolute Gasteiger partial charge is 0.416 e. The first-order valence-corrected chi connectivity index (χ1v) is 20.8. The molecule has 0 aliphatic rings. The van der Waals surface area contributed by atoms with Gasteiger partial charge in [0.15, 0.2) is 0 Å². The maximum absolute atomic E-state index is 14.2. The molecule has 0 spiro atoms. The fourth-order valence-electron chi connectivity index (χ4n) is 9.43. The molecule has 302 valence electrons. The molecule has 0 aliphatic heterocycles. The number of alkyl halides is 3. The van der Waals surface area contributed by atoms with Crippen LogP contribution in [-0.4, -0.2) is 9.13 Å². The van der Waals surface area contributed by atoms with Crippen LogP contribution in [0, 0.1) is 22.7 Å². The Hall–Kier alpha value is -8.65. The Labute approximate surface area is 366 Å². The molecular formula is C57H33F3N4. The van der Waals surface area contributed by atoms with Crippen molar-refractivity contribution in [1.82, 2.24) is 9.13 Å². The molecule has 11 aromatic rings. The predicted molar refractivity (Wildman–Crippen MR) is 251 cm³/mol. The Morgan fingerprint density at radius 2 is 0.844 bits per heavy atom. The van der Waals surface area contributed by atoms with Gasteiger partial charge in [-0.2, -0.15) is 23.7 Å². The van der Waals surface area contributed by atoms with E-state index >= 15 is 0 Å². The van der Waals surface area contributed by atoms with Crippen LogP contribution in [0.2, 0.25) is 0 Å². The van der Waals surface area contributed by atoms with Gasteiger partial charge in [0.05, 0.1) is 62.3 Å². The number of halogens is 3. The van der Waals surface area contributed by atoms with Crippen LogP contribution in [0.15, 0.2) is 200 Å². The van der Waals surface area contributed by atoms with Gasteiger partial charge in [-0.25, -0.2) is 0 Å². The van der Waals surface area contributed by atoms with Crippen molar-refractivity contribution in [2.75, 3.05) is 0 Å². The summed E-state index contributed by atoms with van der Waals surface area (Å²) in [6, 6.07) is 68.7. The monoisotopic (exact) mass is 830 g/mol. The first-order valence-electron chi connectivity index (χ1n) is 20.8. The number of benzene rings is 9. The zero-order chi connectivity index (χ0) is 43.5. The van der Waals surface area contributed by atoms with Gasteiger partial charge in [0.1, 0.15) is 0 Å². The maximum Gasteiger partial charge on any atom is 0.416 e. The number of aromatic nitrogens is 2. The van der Waals surface area contributed by atoms with Crippen LogP contribution in [0.25, 0.3) is 99.5 Å². The highest BCUT2D eigenvalue weighted by atomic mass is 19.4. The lowest BCUT2D eigenvalue weighted by Gasteiger charge is -2.23. The molecule has 0 fully saturated rings. The van der Waals surface area contributed by atoms with Gasteiger partial charge < -0.3 is 9.13 Å². The third-order valence-corrected chi connectivity index (χ3v) is 12.3. The number of para-hydroxylation sites is 2. The molecular weight excluding hydrogens is 798 g/mol. The van der Waals surface area contributed by atoms with Crippen molar-refractivity contribution in [2.24, 2.45) is 0 Å². The molecule has 0 aliphatic carbocycles. The SMILES string of the molecule is N#Cc1cc(C(F)(F)F)ccc1-c1cccc(-n2c3ccccc3c3cc(-c4ccccc4)ccc32)c1-c1c(C#N)cccc1-n1c2ccccc2c2cc(-c3ccccc3)ccc21. The second-order valence-corrected chi connectivity index (χ2v) is 15.8. The van der Waals surface area contributed by atoms with Gasteiger partial charge in [0, 0.05) is 38.2 Å². The van der Waals surface area contributed by atoms with Crippen LogP contribution in [0.1, 0.15) is 16.7 Å². The lowest BCUT2D eigenvalue weighted by Crippen LogP contribution is -2.07. The van der Waals surface area contributed by atoms with Gasteiger partial charge in [-0.3, -0.25) is 0 Å².